The summed E-state index contributed by atoms with van der Waals surface area (Å²) in [5.74, 6) is -0.0731. The molecular weight excluding hydrogens is 417 g/mol. The van der Waals surface area contributed by atoms with Crippen molar-refractivity contribution in [2.45, 2.75) is 32.1 Å². The van der Waals surface area contributed by atoms with E-state index in [9.17, 15) is 4.79 Å². The number of carbonyl (C=O) groups excluding carboxylic acids is 1. The molecule has 154 valence electrons. The molecule has 0 aliphatic carbocycles. The molecule has 1 aliphatic rings. The summed E-state index contributed by atoms with van der Waals surface area (Å²) >= 11 is 12.2. The van der Waals surface area contributed by atoms with E-state index < -0.39 is 6.04 Å². The third-order valence-electron chi connectivity index (χ3n) is 5.35. The first-order chi connectivity index (χ1) is 14.5. The van der Waals surface area contributed by atoms with Gasteiger partial charge in [0.05, 0.1) is 6.04 Å². The summed E-state index contributed by atoms with van der Waals surface area (Å²) < 4.78 is 0. The molecular formula is C24H23Cl2N3O. The van der Waals surface area contributed by atoms with Gasteiger partial charge in [-0.2, -0.15) is 0 Å². The Morgan fingerprint density at radius 2 is 1.77 bits per heavy atom. The Morgan fingerprint density at radius 3 is 2.53 bits per heavy atom. The SMILES string of the molecule is NC(Cc1ccc(Cl)cc1Cl)C(=O)N1Cc2ccc(NCc3ccccc3)cc2C1. The predicted molar refractivity (Wildman–Crippen MR) is 123 cm³/mol. The number of halogens is 2. The van der Waals surface area contributed by atoms with Gasteiger partial charge in [0.25, 0.3) is 0 Å². The average molecular weight is 440 g/mol. The zero-order valence-electron chi connectivity index (χ0n) is 16.4. The largest absolute Gasteiger partial charge is 0.381 e. The molecule has 30 heavy (non-hydrogen) atoms. The molecule has 4 rings (SSSR count). The van der Waals surface area contributed by atoms with Crippen LogP contribution in [0.15, 0.2) is 66.7 Å². The van der Waals surface area contributed by atoms with Crippen LogP contribution in [0.3, 0.4) is 0 Å². The average Bonchev–Trinajstić information content (AvgIpc) is 3.17. The molecule has 0 spiro atoms. The van der Waals surface area contributed by atoms with E-state index in [1.54, 1.807) is 17.0 Å². The van der Waals surface area contributed by atoms with Gasteiger partial charge in [0.1, 0.15) is 0 Å². The van der Waals surface area contributed by atoms with E-state index in [0.29, 0.717) is 29.6 Å². The molecule has 0 bridgehead atoms. The molecule has 1 unspecified atom stereocenters. The quantitative estimate of drug-likeness (QED) is 0.566. The number of hydrogen-bond donors (Lipinski definition) is 2. The van der Waals surface area contributed by atoms with Crippen LogP contribution >= 0.6 is 23.2 Å². The molecule has 0 saturated heterocycles. The number of nitrogens with two attached hydrogens (primary N) is 1. The third-order valence-corrected chi connectivity index (χ3v) is 5.94. The number of carbonyl (C=O) groups is 1. The van der Waals surface area contributed by atoms with Gasteiger partial charge in [-0.1, -0.05) is 65.7 Å². The van der Waals surface area contributed by atoms with Crippen LogP contribution in [0.1, 0.15) is 22.3 Å². The number of amides is 1. The molecule has 6 heteroatoms. The Balaban J connectivity index is 1.38. The molecule has 3 N–H and O–H groups in total. The van der Waals surface area contributed by atoms with E-state index in [0.717, 1.165) is 28.9 Å². The van der Waals surface area contributed by atoms with Crippen LogP contribution in [0.5, 0.6) is 0 Å². The van der Waals surface area contributed by atoms with Crippen molar-refractivity contribution >= 4 is 34.8 Å². The van der Waals surface area contributed by atoms with E-state index in [2.05, 4.69) is 35.6 Å². The van der Waals surface area contributed by atoms with Crippen LogP contribution in [-0.2, 0) is 30.8 Å². The van der Waals surface area contributed by atoms with Crippen LogP contribution in [0.2, 0.25) is 10.0 Å². The molecule has 1 heterocycles. The summed E-state index contributed by atoms with van der Waals surface area (Å²) in [6, 6.07) is 21.1. The highest BCUT2D eigenvalue weighted by Gasteiger charge is 2.27. The summed E-state index contributed by atoms with van der Waals surface area (Å²) in [4.78, 5) is 14.7. The second-order valence-electron chi connectivity index (χ2n) is 7.56. The van der Waals surface area contributed by atoms with Gasteiger partial charge in [0, 0.05) is 35.4 Å². The van der Waals surface area contributed by atoms with E-state index in [-0.39, 0.29) is 5.91 Å². The summed E-state index contributed by atoms with van der Waals surface area (Å²) in [5.41, 5.74) is 11.6. The van der Waals surface area contributed by atoms with E-state index >= 15 is 0 Å². The van der Waals surface area contributed by atoms with E-state index in [1.807, 2.05) is 24.3 Å². The molecule has 0 saturated carbocycles. The van der Waals surface area contributed by atoms with Gasteiger partial charge in [-0.3, -0.25) is 4.79 Å². The number of anilines is 1. The number of hydrogen-bond acceptors (Lipinski definition) is 3. The van der Waals surface area contributed by atoms with E-state index in [4.69, 9.17) is 28.9 Å². The maximum atomic E-state index is 12.9. The Morgan fingerprint density at radius 1 is 1.00 bits per heavy atom. The molecule has 1 aliphatic heterocycles. The first-order valence-electron chi connectivity index (χ1n) is 9.87. The summed E-state index contributed by atoms with van der Waals surface area (Å²) in [7, 11) is 0. The zero-order chi connectivity index (χ0) is 21.1. The number of nitrogens with zero attached hydrogens (tertiary/aromatic N) is 1. The normalized spacial score (nSPS) is 13.8. The van der Waals surface area contributed by atoms with Crippen LogP contribution in [-0.4, -0.2) is 16.8 Å². The minimum Gasteiger partial charge on any atom is -0.381 e. The molecule has 0 radical (unpaired) electrons. The number of nitrogens with one attached hydrogen (secondary N) is 1. The van der Waals surface area contributed by atoms with Crippen LogP contribution < -0.4 is 11.1 Å². The Hall–Kier alpha value is -2.53. The lowest BCUT2D eigenvalue weighted by Gasteiger charge is -2.20. The second-order valence-corrected chi connectivity index (χ2v) is 8.41. The lowest BCUT2D eigenvalue weighted by atomic mass is 10.1. The number of rotatable bonds is 6. The highest BCUT2D eigenvalue weighted by atomic mass is 35.5. The lowest BCUT2D eigenvalue weighted by Crippen LogP contribution is -2.42. The Bertz CT molecular complexity index is 1060. The zero-order valence-corrected chi connectivity index (χ0v) is 18.0. The summed E-state index contributed by atoms with van der Waals surface area (Å²) in [6.45, 7) is 1.90. The van der Waals surface area contributed by atoms with Gasteiger partial charge in [-0.25, -0.2) is 0 Å². The summed E-state index contributed by atoms with van der Waals surface area (Å²) in [6.07, 6.45) is 0.381. The van der Waals surface area contributed by atoms with Crippen molar-refractivity contribution in [1.29, 1.82) is 0 Å². The lowest BCUT2D eigenvalue weighted by molar-refractivity contribution is -0.133. The molecule has 3 aromatic carbocycles. The minimum absolute atomic E-state index is 0.0731. The van der Waals surface area contributed by atoms with Crippen LogP contribution in [0.4, 0.5) is 5.69 Å². The Labute approximate surface area is 186 Å². The van der Waals surface area contributed by atoms with E-state index in [1.165, 1.54) is 5.56 Å². The predicted octanol–water partition coefficient (Wildman–Crippen LogP) is 5.02. The molecule has 1 atom stereocenters. The van der Waals surface area contributed by atoms with Crippen molar-refractivity contribution in [1.82, 2.24) is 4.90 Å². The van der Waals surface area contributed by atoms with Gasteiger partial charge >= 0.3 is 0 Å². The van der Waals surface area contributed by atoms with Crippen molar-refractivity contribution in [3.05, 3.63) is 99.0 Å². The fourth-order valence-corrected chi connectivity index (χ4v) is 4.19. The van der Waals surface area contributed by atoms with Gasteiger partial charge in [0.15, 0.2) is 0 Å². The molecule has 3 aromatic rings. The van der Waals surface area contributed by atoms with Crippen molar-refractivity contribution in [2.75, 3.05) is 5.32 Å². The second kappa shape index (κ2) is 9.09. The van der Waals surface area contributed by atoms with Crippen molar-refractivity contribution in [3.63, 3.8) is 0 Å². The van der Waals surface area contributed by atoms with Gasteiger partial charge in [-0.15, -0.1) is 0 Å². The topological polar surface area (TPSA) is 58.4 Å². The van der Waals surface area contributed by atoms with Crippen molar-refractivity contribution in [3.8, 4) is 0 Å². The minimum atomic E-state index is -0.645. The maximum absolute atomic E-state index is 12.9. The first-order valence-corrected chi connectivity index (χ1v) is 10.6. The molecule has 1 amide bonds. The van der Waals surface area contributed by atoms with Crippen LogP contribution in [0, 0.1) is 0 Å². The third kappa shape index (κ3) is 4.78. The monoisotopic (exact) mass is 439 g/mol. The maximum Gasteiger partial charge on any atom is 0.240 e. The van der Waals surface area contributed by atoms with Crippen LogP contribution in [0.25, 0.3) is 0 Å². The van der Waals surface area contributed by atoms with Crippen molar-refractivity contribution < 1.29 is 4.79 Å². The summed E-state index contributed by atoms with van der Waals surface area (Å²) in [5, 5.41) is 4.54. The Kier molecular flexibility index (Phi) is 6.28. The van der Waals surface area contributed by atoms with Gasteiger partial charge in [-0.05, 0) is 52.9 Å². The number of benzene rings is 3. The highest BCUT2D eigenvalue weighted by molar-refractivity contribution is 6.35. The molecule has 0 aromatic heterocycles. The molecule has 0 fully saturated rings. The molecule has 4 nitrogen and oxygen atoms in total. The standard InChI is InChI=1S/C24H23Cl2N3O/c25-20-8-6-17(22(26)12-20)11-23(27)24(30)29-14-18-7-9-21(10-19(18)15-29)28-13-16-4-2-1-3-5-16/h1-10,12,23,28H,11,13-15,27H2. The smallest absolute Gasteiger partial charge is 0.240 e. The van der Waals surface area contributed by atoms with Gasteiger partial charge < -0.3 is 16.0 Å². The highest BCUT2D eigenvalue weighted by Crippen LogP contribution is 2.27. The number of fused-ring (bicyclic) bond motifs is 1. The fourth-order valence-electron chi connectivity index (χ4n) is 3.71. The fraction of sp³-hybridized carbons (Fsp3) is 0.208. The van der Waals surface area contributed by atoms with Gasteiger partial charge in [0.2, 0.25) is 5.91 Å². The first kappa shape index (κ1) is 20.7. The van der Waals surface area contributed by atoms with Crippen molar-refractivity contribution in [2.24, 2.45) is 5.73 Å².